The van der Waals surface area contributed by atoms with Crippen molar-refractivity contribution in [3.05, 3.63) is 23.8 Å². The van der Waals surface area contributed by atoms with E-state index < -0.39 is 0 Å². The highest BCUT2D eigenvalue weighted by molar-refractivity contribution is 5.25. The van der Waals surface area contributed by atoms with Crippen molar-refractivity contribution in [2.75, 3.05) is 13.6 Å². The van der Waals surface area contributed by atoms with Crippen LogP contribution in [0.25, 0.3) is 0 Å². The molecule has 0 spiro atoms. The van der Waals surface area contributed by atoms with Gasteiger partial charge in [0.05, 0.1) is 0 Å². The molecule has 2 nitrogen and oxygen atoms in total. The number of fused-ring (bicyclic) bond motifs is 1. The summed E-state index contributed by atoms with van der Waals surface area (Å²) in [6.07, 6.45) is 8.25. The minimum absolute atomic E-state index is 0.339. The van der Waals surface area contributed by atoms with Crippen molar-refractivity contribution < 1.29 is 5.11 Å². The fourth-order valence-electron chi connectivity index (χ4n) is 2.01. The van der Waals surface area contributed by atoms with Crippen LogP contribution in [0.2, 0.25) is 0 Å². The Kier molecular flexibility index (Phi) is 2.03. The van der Waals surface area contributed by atoms with E-state index in [1.807, 2.05) is 18.0 Å². The molecule has 1 N–H and O–H groups in total. The predicted molar refractivity (Wildman–Crippen MR) is 48.6 cm³/mol. The number of aliphatic hydroxyl groups excluding tert-OH is 1. The highest BCUT2D eigenvalue weighted by Gasteiger charge is 2.29. The lowest BCUT2D eigenvalue weighted by atomic mass is 9.84. The second-order valence-electron chi connectivity index (χ2n) is 3.67. The molecule has 0 aromatic heterocycles. The van der Waals surface area contributed by atoms with Gasteiger partial charge in [0.2, 0.25) is 0 Å². The van der Waals surface area contributed by atoms with Crippen LogP contribution >= 0.6 is 0 Å². The summed E-state index contributed by atoms with van der Waals surface area (Å²) in [5.74, 6) is 0.598. The molecule has 1 aliphatic carbocycles. The Hall–Kier alpha value is -0.600. The van der Waals surface area contributed by atoms with Gasteiger partial charge in [-0.15, -0.1) is 0 Å². The summed E-state index contributed by atoms with van der Waals surface area (Å²) in [6.45, 7) is 1.01. The van der Waals surface area contributed by atoms with E-state index in [2.05, 4.69) is 12.2 Å². The van der Waals surface area contributed by atoms with Gasteiger partial charge >= 0.3 is 0 Å². The number of hydrogen-bond acceptors (Lipinski definition) is 2. The summed E-state index contributed by atoms with van der Waals surface area (Å²) in [7, 11) is 1.97. The zero-order chi connectivity index (χ0) is 8.55. The molecule has 12 heavy (non-hydrogen) atoms. The molecule has 2 aliphatic rings. The van der Waals surface area contributed by atoms with Crippen molar-refractivity contribution in [1.29, 1.82) is 0 Å². The molecule has 1 saturated heterocycles. The smallest absolute Gasteiger partial charge is 0.129 e. The molecular formula is C10H15NO. The Morgan fingerprint density at radius 3 is 3.25 bits per heavy atom. The lowest BCUT2D eigenvalue weighted by molar-refractivity contribution is 0.0206. The molecule has 0 saturated carbocycles. The normalized spacial score (nSPS) is 36.0. The molecule has 1 fully saturated rings. The highest BCUT2D eigenvalue weighted by atomic mass is 16.3. The van der Waals surface area contributed by atoms with Crippen molar-refractivity contribution in [2.24, 2.45) is 5.92 Å². The fraction of sp³-hybridized carbons (Fsp3) is 0.600. The first-order valence-electron chi connectivity index (χ1n) is 4.54. The van der Waals surface area contributed by atoms with Crippen molar-refractivity contribution >= 4 is 0 Å². The van der Waals surface area contributed by atoms with Crippen LogP contribution in [0, 0.1) is 5.92 Å². The summed E-state index contributed by atoms with van der Waals surface area (Å²) in [5, 5.41) is 9.80. The number of nitrogens with zero attached hydrogens (tertiary/aromatic N) is 1. The molecule has 1 heterocycles. The Bertz CT molecular complexity index is 232. The average molecular weight is 165 g/mol. The lowest BCUT2D eigenvalue weighted by Crippen LogP contribution is -2.42. The van der Waals surface area contributed by atoms with Gasteiger partial charge in [-0.25, -0.2) is 0 Å². The first-order valence-corrected chi connectivity index (χ1v) is 4.54. The largest absolute Gasteiger partial charge is 0.374 e. The summed E-state index contributed by atoms with van der Waals surface area (Å²) in [4.78, 5) is 2.00. The molecule has 2 atom stereocenters. The van der Waals surface area contributed by atoms with E-state index in [0.29, 0.717) is 5.92 Å². The molecule has 0 aromatic carbocycles. The number of likely N-dealkylation sites (tertiary alicyclic amines) is 1. The van der Waals surface area contributed by atoms with E-state index in [0.717, 1.165) is 13.0 Å². The maximum atomic E-state index is 9.80. The Balaban J connectivity index is 2.21. The molecule has 2 heteroatoms. The third-order valence-electron chi connectivity index (χ3n) is 2.86. The Morgan fingerprint density at radius 1 is 1.58 bits per heavy atom. The molecule has 0 aromatic rings. The molecule has 0 amide bonds. The van der Waals surface area contributed by atoms with Crippen LogP contribution in [0.3, 0.4) is 0 Å². The second kappa shape index (κ2) is 3.04. The summed E-state index contributed by atoms with van der Waals surface area (Å²) in [5.41, 5.74) is 1.20. The molecule has 0 bridgehead atoms. The van der Waals surface area contributed by atoms with E-state index in [-0.39, 0.29) is 6.23 Å². The van der Waals surface area contributed by atoms with E-state index >= 15 is 0 Å². The van der Waals surface area contributed by atoms with Crippen LogP contribution in [0.1, 0.15) is 12.8 Å². The third-order valence-corrected chi connectivity index (χ3v) is 2.86. The monoisotopic (exact) mass is 165 g/mol. The lowest BCUT2D eigenvalue weighted by Gasteiger charge is -2.37. The Labute approximate surface area is 73.2 Å². The first-order chi connectivity index (χ1) is 5.79. The molecule has 2 unspecified atom stereocenters. The minimum atomic E-state index is -0.339. The van der Waals surface area contributed by atoms with E-state index in [9.17, 15) is 5.11 Å². The fourth-order valence-corrected chi connectivity index (χ4v) is 2.01. The first kappa shape index (κ1) is 8.02. The topological polar surface area (TPSA) is 23.5 Å². The standard InChI is InChI=1S/C10H15NO/c1-11-7-6-8-4-2-3-5-9(8)10(11)12/h2-3,5,8,10,12H,4,6-7H2,1H3. The maximum Gasteiger partial charge on any atom is 0.129 e. The number of rotatable bonds is 0. The number of likely N-dealkylation sites (N-methyl/N-ethyl adjacent to an activating group) is 1. The van der Waals surface area contributed by atoms with Gasteiger partial charge in [0, 0.05) is 6.54 Å². The SMILES string of the molecule is CN1CCC2CC=CC=C2C1O. The number of hydrogen-bond donors (Lipinski definition) is 1. The van der Waals surface area contributed by atoms with Gasteiger partial charge in [0.25, 0.3) is 0 Å². The zero-order valence-corrected chi connectivity index (χ0v) is 7.40. The number of allylic oxidation sites excluding steroid dienone is 3. The molecule has 66 valence electrons. The Morgan fingerprint density at radius 2 is 2.42 bits per heavy atom. The van der Waals surface area contributed by atoms with Gasteiger partial charge in [0.15, 0.2) is 0 Å². The number of piperidine rings is 1. The second-order valence-corrected chi connectivity index (χ2v) is 3.67. The van der Waals surface area contributed by atoms with Crippen molar-refractivity contribution in [3.8, 4) is 0 Å². The van der Waals surface area contributed by atoms with Crippen LogP contribution in [0.5, 0.6) is 0 Å². The van der Waals surface area contributed by atoms with E-state index in [1.165, 1.54) is 12.0 Å². The molecular weight excluding hydrogens is 150 g/mol. The van der Waals surface area contributed by atoms with E-state index in [4.69, 9.17) is 0 Å². The average Bonchev–Trinajstić information content (AvgIpc) is 2.12. The number of aliphatic hydroxyl groups is 1. The van der Waals surface area contributed by atoms with Crippen LogP contribution < -0.4 is 0 Å². The van der Waals surface area contributed by atoms with Gasteiger partial charge in [-0.2, -0.15) is 0 Å². The summed E-state index contributed by atoms with van der Waals surface area (Å²) < 4.78 is 0. The van der Waals surface area contributed by atoms with Crippen molar-refractivity contribution in [3.63, 3.8) is 0 Å². The highest BCUT2D eigenvalue weighted by Crippen LogP contribution is 2.31. The van der Waals surface area contributed by atoms with Gasteiger partial charge in [-0.3, -0.25) is 4.90 Å². The zero-order valence-electron chi connectivity index (χ0n) is 7.40. The van der Waals surface area contributed by atoms with Crippen LogP contribution in [0.15, 0.2) is 23.8 Å². The van der Waals surface area contributed by atoms with Crippen LogP contribution in [0.4, 0.5) is 0 Å². The van der Waals surface area contributed by atoms with Crippen LogP contribution in [-0.4, -0.2) is 29.8 Å². The quantitative estimate of drug-likeness (QED) is 0.582. The third kappa shape index (κ3) is 1.21. The molecule has 2 rings (SSSR count). The minimum Gasteiger partial charge on any atom is -0.374 e. The molecule has 1 aliphatic heterocycles. The maximum absolute atomic E-state index is 9.80. The van der Waals surface area contributed by atoms with Crippen molar-refractivity contribution in [2.45, 2.75) is 19.1 Å². The summed E-state index contributed by atoms with van der Waals surface area (Å²) >= 11 is 0. The van der Waals surface area contributed by atoms with E-state index in [1.54, 1.807) is 0 Å². The van der Waals surface area contributed by atoms with Crippen LogP contribution in [-0.2, 0) is 0 Å². The van der Waals surface area contributed by atoms with Gasteiger partial charge in [0.1, 0.15) is 6.23 Å². The molecule has 0 radical (unpaired) electrons. The predicted octanol–water partition coefficient (Wildman–Crippen LogP) is 1.14. The van der Waals surface area contributed by atoms with Gasteiger partial charge < -0.3 is 5.11 Å². The van der Waals surface area contributed by atoms with Crippen molar-refractivity contribution in [1.82, 2.24) is 4.90 Å². The summed E-state index contributed by atoms with van der Waals surface area (Å²) in [6, 6.07) is 0. The van der Waals surface area contributed by atoms with Gasteiger partial charge in [-0.05, 0) is 31.4 Å². The van der Waals surface area contributed by atoms with Gasteiger partial charge in [-0.1, -0.05) is 18.2 Å².